The highest BCUT2D eigenvalue weighted by Gasteiger charge is 2.34. The average Bonchev–Trinajstić information content (AvgIpc) is 2.70. The van der Waals surface area contributed by atoms with Gasteiger partial charge in [0.15, 0.2) is 4.77 Å². The van der Waals surface area contributed by atoms with Gasteiger partial charge in [0, 0.05) is 10.9 Å². The van der Waals surface area contributed by atoms with E-state index < -0.39 is 11.7 Å². The Bertz CT molecular complexity index is 675. The van der Waals surface area contributed by atoms with Gasteiger partial charge >= 0.3 is 6.18 Å². The standard InChI is InChI=1S/C12H11BrF3N3S/c1-2-3-10-17-18-11(20)19(10)9-5-4-7(13)6-8(9)12(14,15)16/h4-6H,2-3H2,1H3,(H,18,20). The molecule has 1 aromatic heterocycles. The number of aromatic nitrogens is 3. The van der Waals surface area contributed by atoms with Crippen LogP contribution in [0.15, 0.2) is 22.7 Å². The van der Waals surface area contributed by atoms with E-state index in [-0.39, 0.29) is 10.5 Å². The van der Waals surface area contributed by atoms with E-state index in [0.29, 0.717) is 16.7 Å². The molecule has 0 aliphatic rings. The van der Waals surface area contributed by atoms with Crippen LogP contribution in [0.3, 0.4) is 0 Å². The SMILES string of the molecule is CCCc1n[nH]c(=S)n1-c1ccc(Br)cc1C(F)(F)F. The zero-order chi connectivity index (χ0) is 14.9. The minimum atomic E-state index is -4.46. The van der Waals surface area contributed by atoms with Gasteiger partial charge in [-0.3, -0.25) is 9.67 Å². The summed E-state index contributed by atoms with van der Waals surface area (Å²) in [6.07, 6.45) is -3.16. The topological polar surface area (TPSA) is 33.6 Å². The molecule has 0 amide bonds. The number of hydrogen-bond donors (Lipinski definition) is 1. The van der Waals surface area contributed by atoms with Crippen molar-refractivity contribution in [2.45, 2.75) is 25.9 Å². The molecule has 2 rings (SSSR count). The second-order valence-corrected chi connectivity index (χ2v) is 5.49. The summed E-state index contributed by atoms with van der Waals surface area (Å²) in [6, 6.07) is 3.98. The van der Waals surface area contributed by atoms with Crippen LogP contribution >= 0.6 is 28.1 Å². The molecule has 0 aliphatic heterocycles. The molecule has 2 aromatic rings. The summed E-state index contributed by atoms with van der Waals surface area (Å²) in [5.74, 6) is 0.491. The molecule has 108 valence electrons. The summed E-state index contributed by atoms with van der Waals surface area (Å²) >= 11 is 8.11. The highest BCUT2D eigenvalue weighted by Crippen LogP contribution is 2.36. The maximum Gasteiger partial charge on any atom is 0.418 e. The number of nitrogens with one attached hydrogen (secondary N) is 1. The van der Waals surface area contributed by atoms with E-state index in [1.165, 1.54) is 10.6 Å². The second-order valence-electron chi connectivity index (χ2n) is 4.19. The summed E-state index contributed by atoms with van der Waals surface area (Å²) in [7, 11) is 0. The number of rotatable bonds is 3. The van der Waals surface area contributed by atoms with Crippen LogP contribution in [0.25, 0.3) is 5.69 Å². The van der Waals surface area contributed by atoms with Crippen LogP contribution in [0.1, 0.15) is 24.7 Å². The van der Waals surface area contributed by atoms with Crippen molar-refractivity contribution in [2.75, 3.05) is 0 Å². The monoisotopic (exact) mass is 365 g/mol. The molecule has 1 N–H and O–H groups in total. The van der Waals surface area contributed by atoms with E-state index in [0.717, 1.165) is 12.5 Å². The third-order valence-corrected chi connectivity index (χ3v) is 3.49. The molecule has 0 saturated heterocycles. The van der Waals surface area contributed by atoms with Gasteiger partial charge in [0.25, 0.3) is 0 Å². The molecular weight excluding hydrogens is 355 g/mol. The third-order valence-electron chi connectivity index (χ3n) is 2.72. The number of alkyl halides is 3. The van der Waals surface area contributed by atoms with E-state index in [1.807, 2.05) is 6.92 Å². The number of halogens is 4. The Hall–Kier alpha value is -1.15. The number of nitrogens with zero attached hydrogens (tertiary/aromatic N) is 2. The van der Waals surface area contributed by atoms with Gasteiger partial charge in [-0.2, -0.15) is 18.3 Å². The summed E-state index contributed by atoms with van der Waals surface area (Å²) in [5, 5.41) is 6.54. The highest BCUT2D eigenvalue weighted by atomic mass is 79.9. The van der Waals surface area contributed by atoms with Gasteiger partial charge in [0.1, 0.15) is 5.82 Å². The van der Waals surface area contributed by atoms with Crippen molar-refractivity contribution in [1.29, 1.82) is 0 Å². The maximum atomic E-state index is 13.2. The van der Waals surface area contributed by atoms with Crippen molar-refractivity contribution < 1.29 is 13.2 Å². The Morgan fingerprint density at radius 2 is 2.10 bits per heavy atom. The molecule has 0 aliphatic carbocycles. The van der Waals surface area contributed by atoms with Gasteiger partial charge in [-0.1, -0.05) is 22.9 Å². The number of aromatic amines is 1. The molecular formula is C12H11BrF3N3S. The maximum absolute atomic E-state index is 13.2. The van der Waals surface area contributed by atoms with E-state index in [4.69, 9.17) is 12.2 Å². The predicted octanol–water partition coefficient (Wildman–Crippen LogP) is 4.66. The van der Waals surface area contributed by atoms with Crippen LogP contribution in [0.4, 0.5) is 13.2 Å². The normalized spacial score (nSPS) is 11.8. The van der Waals surface area contributed by atoms with Crippen LogP contribution in [-0.2, 0) is 12.6 Å². The van der Waals surface area contributed by atoms with Crippen molar-refractivity contribution in [3.63, 3.8) is 0 Å². The van der Waals surface area contributed by atoms with Crippen molar-refractivity contribution in [1.82, 2.24) is 14.8 Å². The lowest BCUT2D eigenvalue weighted by Gasteiger charge is -2.15. The van der Waals surface area contributed by atoms with Crippen molar-refractivity contribution in [3.8, 4) is 5.69 Å². The van der Waals surface area contributed by atoms with E-state index >= 15 is 0 Å². The molecule has 0 radical (unpaired) electrons. The van der Waals surface area contributed by atoms with Gasteiger partial charge in [0.05, 0.1) is 11.3 Å². The Labute approximate surface area is 126 Å². The van der Waals surface area contributed by atoms with Gasteiger partial charge < -0.3 is 0 Å². The summed E-state index contributed by atoms with van der Waals surface area (Å²) in [5.41, 5.74) is -0.760. The van der Waals surface area contributed by atoms with Crippen LogP contribution in [0.2, 0.25) is 0 Å². The predicted molar refractivity (Wildman–Crippen MR) is 75.4 cm³/mol. The van der Waals surface area contributed by atoms with Crippen molar-refractivity contribution in [2.24, 2.45) is 0 Å². The summed E-state index contributed by atoms with van der Waals surface area (Å²) in [6.45, 7) is 1.92. The second kappa shape index (κ2) is 5.69. The third kappa shape index (κ3) is 2.95. The first-order valence-electron chi connectivity index (χ1n) is 5.88. The molecule has 0 saturated carbocycles. The van der Waals surface area contributed by atoms with Crippen LogP contribution in [0.5, 0.6) is 0 Å². The summed E-state index contributed by atoms with van der Waals surface area (Å²) in [4.78, 5) is 0. The fourth-order valence-corrected chi connectivity index (χ4v) is 2.51. The first-order chi connectivity index (χ1) is 9.34. The van der Waals surface area contributed by atoms with Crippen LogP contribution in [0, 0.1) is 4.77 Å². The number of aryl methyl sites for hydroxylation is 1. The molecule has 1 aromatic carbocycles. The lowest BCUT2D eigenvalue weighted by atomic mass is 10.1. The van der Waals surface area contributed by atoms with Gasteiger partial charge in [-0.05, 0) is 36.8 Å². The Kier molecular flexibility index (Phi) is 4.33. The molecule has 0 fully saturated rings. The molecule has 20 heavy (non-hydrogen) atoms. The Morgan fingerprint density at radius 1 is 1.40 bits per heavy atom. The molecule has 3 nitrogen and oxygen atoms in total. The van der Waals surface area contributed by atoms with Crippen molar-refractivity contribution in [3.05, 3.63) is 38.8 Å². The van der Waals surface area contributed by atoms with E-state index in [1.54, 1.807) is 6.07 Å². The fraction of sp³-hybridized carbons (Fsp3) is 0.333. The molecule has 8 heteroatoms. The first kappa shape index (κ1) is 15.2. The smallest absolute Gasteiger partial charge is 0.272 e. The van der Waals surface area contributed by atoms with Crippen LogP contribution in [-0.4, -0.2) is 14.8 Å². The lowest BCUT2D eigenvalue weighted by Crippen LogP contribution is -2.12. The van der Waals surface area contributed by atoms with Gasteiger partial charge in [0.2, 0.25) is 0 Å². The quantitative estimate of drug-likeness (QED) is 0.802. The molecule has 0 unspecified atom stereocenters. The zero-order valence-electron chi connectivity index (χ0n) is 10.5. The number of H-pyrrole nitrogens is 1. The number of hydrogen-bond acceptors (Lipinski definition) is 2. The highest BCUT2D eigenvalue weighted by molar-refractivity contribution is 9.10. The van der Waals surface area contributed by atoms with E-state index in [9.17, 15) is 13.2 Å². The zero-order valence-corrected chi connectivity index (χ0v) is 12.9. The lowest BCUT2D eigenvalue weighted by molar-refractivity contribution is -0.137. The molecule has 0 spiro atoms. The molecule has 0 atom stereocenters. The Morgan fingerprint density at radius 3 is 2.70 bits per heavy atom. The number of benzene rings is 1. The van der Waals surface area contributed by atoms with Crippen LogP contribution < -0.4 is 0 Å². The minimum Gasteiger partial charge on any atom is -0.272 e. The first-order valence-corrected chi connectivity index (χ1v) is 7.08. The van der Waals surface area contributed by atoms with Gasteiger partial charge in [-0.25, -0.2) is 0 Å². The average molecular weight is 366 g/mol. The van der Waals surface area contributed by atoms with E-state index in [2.05, 4.69) is 26.1 Å². The van der Waals surface area contributed by atoms with Gasteiger partial charge in [-0.15, -0.1) is 0 Å². The largest absolute Gasteiger partial charge is 0.418 e. The minimum absolute atomic E-state index is 0.0112. The summed E-state index contributed by atoms with van der Waals surface area (Å²) < 4.78 is 41.4. The fourth-order valence-electron chi connectivity index (χ4n) is 1.90. The Balaban J connectivity index is 2.70. The molecule has 1 heterocycles. The molecule has 0 bridgehead atoms. The van der Waals surface area contributed by atoms with Crippen molar-refractivity contribution >= 4 is 28.1 Å².